The fourth-order valence-electron chi connectivity index (χ4n) is 2.88. The summed E-state index contributed by atoms with van der Waals surface area (Å²) in [6, 6.07) is 4.34. The highest BCUT2D eigenvalue weighted by molar-refractivity contribution is 9.10. The van der Waals surface area contributed by atoms with Crippen molar-refractivity contribution < 1.29 is 9.18 Å². The third-order valence-corrected chi connectivity index (χ3v) is 4.24. The maximum atomic E-state index is 13.3. The average Bonchev–Trinajstić information content (AvgIpc) is 2.86. The molecule has 96 valence electrons. The van der Waals surface area contributed by atoms with Crippen LogP contribution in [-0.2, 0) is 0 Å². The van der Waals surface area contributed by atoms with Crippen LogP contribution in [0.3, 0.4) is 0 Å². The molecular weight excluding hydrogens is 299 g/mol. The summed E-state index contributed by atoms with van der Waals surface area (Å²) in [6.45, 7) is 3.54. The Morgan fingerprint density at radius 1 is 1.28 bits per heavy atom. The van der Waals surface area contributed by atoms with E-state index in [1.165, 1.54) is 12.1 Å². The number of nitrogens with one attached hydrogen (secondary N) is 1. The molecule has 1 N–H and O–H groups in total. The number of nitrogens with zero attached hydrogens (tertiary/aromatic N) is 1. The van der Waals surface area contributed by atoms with Gasteiger partial charge >= 0.3 is 0 Å². The fraction of sp³-hybridized carbons (Fsp3) is 0.462. The summed E-state index contributed by atoms with van der Waals surface area (Å²) in [7, 11) is 0. The monoisotopic (exact) mass is 312 g/mol. The fourth-order valence-corrected chi connectivity index (χ4v) is 3.35. The molecule has 2 aliphatic heterocycles. The first-order valence-corrected chi connectivity index (χ1v) is 6.89. The minimum Gasteiger partial charge on any atom is -0.338 e. The molecule has 0 aliphatic carbocycles. The van der Waals surface area contributed by atoms with Crippen LogP contribution in [0.15, 0.2) is 22.7 Å². The smallest absolute Gasteiger partial charge is 0.254 e. The molecule has 18 heavy (non-hydrogen) atoms. The van der Waals surface area contributed by atoms with Crippen LogP contribution in [0, 0.1) is 17.7 Å². The van der Waals surface area contributed by atoms with Gasteiger partial charge in [0.05, 0.1) is 0 Å². The lowest BCUT2D eigenvalue weighted by molar-refractivity contribution is 0.0781. The van der Waals surface area contributed by atoms with Gasteiger partial charge in [0.2, 0.25) is 0 Å². The highest BCUT2D eigenvalue weighted by atomic mass is 79.9. The first-order valence-electron chi connectivity index (χ1n) is 6.09. The number of rotatable bonds is 1. The third kappa shape index (κ3) is 2.17. The van der Waals surface area contributed by atoms with Gasteiger partial charge in [0.25, 0.3) is 5.91 Å². The number of carbonyl (C=O) groups is 1. The highest BCUT2D eigenvalue weighted by Gasteiger charge is 2.38. The van der Waals surface area contributed by atoms with Crippen molar-refractivity contribution in [2.45, 2.75) is 0 Å². The molecule has 0 radical (unpaired) electrons. The molecule has 2 heterocycles. The van der Waals surface area contributed by atoms with Gasteiger partial charge in [-0.1, -0.05) is 15.9 Å². The molecule has 2 fully saturated rings. The number of halogens is 2. The van der Waals surface area contributed by atoms with Crippen molar-refractivity contribution in [2.75, 3.05) is 26.2 Å². The molecule has 1 amide bonds. The number of carbonyl (C=O) groups excluding carboxylic acids is 1. The van der Waals surface area contributed by atoms with Crippen molar-refractivity contribution >= 4 is 21.8 Å². The van der Waals surface area contributed by atoms with E-state index in [2.05, 4.69) is 21.2 Å². The van der Waals surface area contributed by atoms with Crippen LogP contribution < -0.4 is 5.32 Å². The lowest BCUT2D eigenvalue weighted by Gasteiger charge is -2.17. The second-order valence-corrected chi connectivity index (χ2v) is 5.96. The Morgan fingerprint density at radius 2 is 1.94 bits per heavy atom. The highest BCUT2D eigenvalue weighted by Crippen LogP contribution is 2.28. The summed E-state index contributed by atoms with van der Waals surface area (Å²) < 4.78 is 13.9. The van der Waals surface area contributed by atoms with E-state index in [1.54, 1.807) is 6.07 Å². The van der Waals surface area contributed by atoms with Crippen LogP contribution in [0.1, 0.15) is 10.4 Å². The van der Waals surface area contributed by atoms with Crippen molar-refractivity contribution in [2.24, 2.45) is 11.8 Å². The maximum Gasteiger partial charge on any atom is 0.254 e. The molecule has 1 aromatic carbocycles. The molecule has 2 saturated heterocycles. The van der Waals surface area contributed by atoms with Gasteiger partial charge in [0, 0.05) is 36.2 Å². The largest absolute Gasteiger partial charge is 0.338 e. The predicted molar refractivity (Wildman–Crippen MR) is 69.9 cm³/mol. The Labute approximate surface area is 113 Å². The van der Waals surface area contributed by atoms with Crippen LogP contribution >= 0.6 is 15.9 Å². The molecule has 2 aliphatic rings. The Hall–Kier alpha value is -0.940. The molecule has 3 rings (SSSR count). The predicted octanol–water partition coefficient (Wildman–Crippen LogP) is 1.88. The van der Waals surface area contributed by atoms with Crippen molar-refractivity contribution in [3.05, 3.63) is 34.1 Å². The van der Waals surface area contributed by atoms with Crippen molar-refractivity contribution in [3.8, 4) is 0 Å². The van der Waals surface area contributed by atoms with Gasteiger partial charge < -0.3 is 10.2 Å². The molecule has 0 aromatic heterocycles. The van der Waals surface area contributed by atoms with Crippen LogP contribution in [0.5, 0.6) is 0 Å². The quantitative estimate of drug-likeness (QED) is 0.859. The minimum atomic E-state index is -0.381. The molecule has 1 aromatic rings. The first kappa shape index (κ1) is 12.1. The molecule has 0 unspecified atom stereocenters. The Balaban J connectivity index is 1.78. The second-order valence-electron chi connectivity index (χ2n) is 5.05. The molecular formula is C13H14BrFN2O. The van der Waals surface area contributed by atoms with E-state index in [1.807, 2.05) is 4.90 Å². The SMILES string of the molecule is O=C(c1cc(F)cc(Br)c1)N1C[C@H]2CNC[C@H]2C1. The van der Waals surface area contributed by atoms with E-state index in [4.69, 9.17) is 0 Å². The molecule has 0 bridgehead atoms. The Kier molecular flexibility index (Phi) is 3.11. The molecule has 5 heteroatoms. The van der Waals surface area contributed by atoms with Crippen molar-refractivity contribution in [3.63, 3.8) is 0 Å². The van der Waals surface area contributed by atoms with Crippen LogP contribution in [-0.4, -0.2) is 37.0 Å². The van der Waals surface area contributed by atoms with Crippen LogP contribution in [0.4, 0.5) is 4.39 Å². The van der Waals surface area contributed by atoms with Gasteiger partial charge in [-0.05, 0) is 30.0 Å². The van der Waals surface area contributed by atoms with E-state index < -0.39 is 0 Å². The molecule has 2 atom stereocenters. The summed E-state index contributed by atoms with van der Waals surface area (Å²) in [5, 5.41) is 3.34. The topological polar surface area (TPSA) is 32.3 Å². The molecule has 3 nitrogen and oxygen atoms in total. The van der Waals surface area contributed by atoms with E-state index in [9.17, 15) is 9.18 Å². The zero-order chi connectivity index (χ0) is 12.7. The Bertz CT molecular complexity index is 462. The van der Waals surface area contributed by atoms with Gasteiger partial charge in [-0.25, -0.2) is 4.39 Å². The summed E-state index contributed by atoms with van der Waals surface area (Å²) in [4.78, 5) is 14.1. The lowest BCUT2D eigenvalue weighted by Crippen LogP contribution is -2.31. The van der Waals surface area contributed by atoms with Gasteiger partial charge in [-0.3, -0.25) is 4.79 Å². The van der Waals surface area contributed by atoms with Gasteiger partial charge in [0.15, 0.2) is 0 Å². The normalized spacial score (nSPS) is 26.4. The summed E-state index contributed by atoms with van der Waals surface area (Å²) in [5.74, 6) is 0.676. The summed E-state index contributed by atoms with van der Waals surface area (Å²) >= 11 is 3.22. The lowest BCUT2D eigenvalue weighted by atomic mass is 10.0. The number of hydrogen-bond donors (Lipinski definition) is 1. The van der Waals surface area contributed by atoms with E-state index in [-0.39, 0.29) is 11.7 Å². The first-order chi connectivity index (χ1) is 8.63. The van der Waals surface area contributed by atoms with E-state index in [0.29, 0.717) is 21.9 Å². The van der Waals surface area contributed by atoms with Gasteiger partial charge in [0.1, 0.15) is 5.82 Å². The second kappa shape index (κ2) is 4.63. The number of fused-ring (bicyclic) bond motifs is 1. The molecule has 0 spiro atoms. The number of likely N-dealkylation sites (tertiary alicyclic amines) is 1. The zero-order valence-corrected chi connectivity index (χ0v) is 11.4. The van der Waals surface area contributed by atoms with Gasteiger partial charge in [-0.15, -0.1) is 0 Å². The maximum absolute atomic E-state index is 13.3. The number of hydrogen-bond acceptors (Lipinski definition) is 2. The van der Waals surface area contributed by atoms with E-state index in [0.717, 1.165) is 26.2 Å². The summed E-state index contributed by atoms with van der Waals surface area (Å²) in [5.41, 5.74) is 0.426. The van der Waals surface area contributed by atoms with Crippen LogP contribution in [0.2, 0.25) is 0 Å². The van der Waals surface area contributed by atoms with Gasteiger partial charge in [-0.2, -0.15) is 0 Å². The van der Waals surface area contributed by atoms with Crippen LogP contribution in [0.25, 0.3) is 0 Å². The number of benzene rings is 1. The third-order valence-electron chi connectivity index (χ3n) is 3.79. The molecule has 0 saturated carbocycles. The van der Waals surface area contributed by atoms with Crippen molar-refractivity contribution in [1.29, 1.82) is 0 Å². The van der Waals surface area contributed by atoms with Crippen molar-refractivity contribution in [1.82, 2.24) is 10.2 Å². The summed E-state index contributed by atoms with van der Waals surface area (Å²) in [6.07, 6.45) is 0. The number of amides is 1. The zero-order valence-electron chi connectivity index (χ0n) is 9.83. The Morgan fingerprint density at radius 3 is 2.56 bits per heavy atom. The average molecular weight is 313 g/mol. The minimum absolute atomic E-state index is 0.0652. The standard InChI is InChI=1S/C13H14BrFN2O/c14-11-1-8(2-12(15)3-11)13(18)17-6-9-4-16-5-10(9)7-17/h1-3,9-10,16H,4-7H2/t9-,10+. The van der Waals surface area contributed by atoms with E-state index >= 15 is 0 Å².